The van der Waals surface area contributed by atoms with Gasteiger partial charge in [-0.1, -0.05) is 84.7 Å². The van der Waals surface area contributed by atoms with Crippen molar-refractivity contribution in [2.45, 2.75) is 12.3 Å². The van der Waals surface area contributed by atoms with E-state index in [0.29, 0.717) is 0 Å². The van der Waals surface area contributed by atoms with Crippen molar-refractivity contribution in [3.8, 4) is 22.3 Å². The van der Waals surface area contributed by atoms with Crippen LogP contribution in [0.2, 0.25) is 0 Å². The van der Waals surface area contributed by atoms with Gasteiger partial charge in [-0.3, -0.25) is 4.72 Å². The van der Waals surface area contributed by atoms with Crippen LogP contribution in [-0.2, 0) is 12.3 Å². The van der Waals surface area contributed by atoms with Crippen LogP contribution in [0.25, 0.3) is 22.3 Å². The maximum Gasteiger partial charge on any atom is 0.0339 e. The highest BCUT2D eigenvalue weighted by molar-refractivity contribution is 7.96. The topological polar surface area (TPSA) is 12.0 Å². The molecule has 1 nitrogen and oxygen atoms in total. The van der Waals surface area contributed by atoms with E-state index in [0.717, 1.165) is 12.3 Å². The van der Waals surface area contributed by atoms with Crippen molar-refractivity contribution in [1.82, 2.24) is 4.72 Å². The van der Waals surface area contributed by atoms with Crippen LogP contribution in [-0.4, -0.2) is 0 Å². The minimum absolute atomic E-state index is 0.954. The van der Waals surface area contributed by atoms with Gasteiger partial charge in [-0.05, 0) is 33.4 Å². The summed E-state index contributed by atoms with van der Waals surface area (Å²) in [6, 6.07) is 26.1. The molecule has 0 radical (unpaired) electrons. The zero-order valence-corrected chi connectivity index (χ0v) is 13.1. The van der Waals surface area contributed by atoms with E-state index in [9.17, 15) is 0 Å². The van der Waals surface area contributed by atoms with Crippen LogP contribution in [0, 0.1) is 0 Å². The molecule has 1 aliphatic heterocycles. The molecule has 0 saturated carbocycles. The Bertz CT molecular complexity index is 779. The molecule has 0 amide bonds. The van der Waals surface area contributed by atoms with Gasteiger partial charge in [0.05, 0.1) is 0 Å². The number of fused-ring (bicyclic) bond motifs is 1. The van der Waals surface area contributed by atoms with Gasteiger partial charge in [-0.2, -0.15) is 0 Å². The molecule has 2 heteroatoms. The summed E-state index contributed by atoms with van der Waals surface area (Å²) < 4.78 is 3.37. The van der Waals surface area contributed by atoms with Crippen LogP contribution < -0.4 is 4.72 Å². The van der Waals surface area contributed by atoms with Crippen molar-refractivity contribution in [2.24, 2.45) is 0 Å². The van der Waals surface area contributed by atoms with Crippen LogP contribution in [0.3, 0.4) is 0 Å². The zero-order chi connectivity index (χ0) is 14.8. The lowest BCUT2D eigenvalue weighted by atomic mass is 9.94. The van der Waals surface area contributed by atoms with Gasteiger partial charge in [-0.25, -0.2) is 0 Å². The predicted molar refractivity (Wildman–Crippen MR) is 95.4 cm³/mol. The first-order valence-corrected chi connectivity index (χ1v) is 8.52. The Hall–Kier alpha value is -2.03. The van der Waals surface area contributed by atoms with Crippen LogP contribution in [0.4, 0.5) is 0 Å². The fraction of sp³-hybridized carbons (Fsp3) is 0.100. The Balaban J connectivity index is 1.72. The van der Waals surface area contributed by atoms with Crippen LogP contribution in [0.15, 0.2) is 72.8 Å². The zero-order valence-electron chi connectivity index (χ0n) is 12.3. The number of nitrogens with one attached hydrogen (secondary N) is 1. The molecule has 108 valence electrons. The highest BCUT2D eigenvalue weighted by Gasteiger charge is 2.13. The second-order valence-corrected chi connectivity index (χ2v) is 6.36. The molecule has 0 spiro atoms. The summed E-state index contributed by atoms with van der Waals surface area (Å²) >= 11 is 1.80. The molecule has 1 N–H and O–H groups in total. The van der Waals surface area contributed by atoms with E-state index in [1.807, 2.05) is 0 Å². The summed E-state index contributed by atoms with van der Waals surface area (Å²) in [6.45, 7) is 0.954. The minimum Gasteiger partial charge on any atom is -0.259 e. The summed E-state index contributed by atoms with van der Waals surface area (Å²) in [5.41, 5.74) is 8.10. The molecule has 0 atom stereocenters. The van der Waals surface area contributed by atoms with Crippen molar-refractivity contribution in [3.63, 3.8) is 0 Å². The smallest absolute Gasteiger partial charge is 0.0339 e. The molecule has 0 unspecified atom stereocenters. The molecule has 22 heavy (non-hydrogen) atoms. The van der Waals surface area contributed by atoms with Crippen molar-refractivity contribution >= 4 is 11.9 Å². The molecule has 0 fully saturated rings. The lowest BCUT2D eigenvalue weighted by Gasteiger charge is -2.20. The molecule has 0 aromatic heterocycles. The summed E-state index contributed by atoms with van der Waals surface area (Å²) in [6.07, 6.45) is 0. The molecule has 0 aliphatic carbocycles. The minimum atomic E-state index is 0.954. The van der Waals surface area contributed by atoms with Gasteiger partial charge in [0, 0.05) is 12.3 Å². The third kappa shape index (κ3) is 2.56. The lowest BCUT2D eigenvalue weighted by molar-refractivity contribution is 0.936. The standard InChI is InChI=1S/C20H17NS/c1-2-5-15(6-3-1)16-9-11-17(12-10-16)19-8-4-7-18-13-21-22-14-20(18)19/h1-12,21H,13-14H2. The van der Waals surface area contributed by atoms with E-state index < -0.39 is 0 Å². The molecular weight excluding hydrogens is 286 g/mol. The van der Waals surface area contributed by atoms with E-state index in [1.165, 1.54) is 33.4 Å². The first-order chi connectivity index (χ1) is 10.9. The Morgan fingerprint density at radius 1 is 0.682 bits per heavy atom. The molecule has 0 bridgehead atoms. The number of rotatable bonds is 2. The Morgan fingerprint density at radius 3 is 2.23 bits per heavy atom. The summed E-state index contributed by atoms with van der Waals surface area (Å²) in [5.74, 6) is 1.03. The van der Waals surface area contributed by atoms with Crippen molar-refractivity contribution in [1.29, 1.82) is 0 Å². The van der Waals surface area contributed by atoms with Crippen molar-refractivity contribution < 1.29 is 0 Å². The summed E-state index contributed by atoms with van der Waals surface area (Å²) in [7, 11) is 0. The molecule has 3 aromatic carbocycles. The van der Waals surface area contributed by atoms with Crippen LogP contribution in [0.5, 0.6) is 0 Å². The molecule has 0 saturated heterocycles. The second-order valence-electron chi connectivity index (χ2n) is 5.50. The highest BCUT2D eigenvalue weighted by atomic mass is 32.2. The first kappa shape index (κ1) is 13.6. The Morgan fingerprint density at radius 2 is 1.41 bits per heavy atom. The van der Waals surface area contributed by atoms with Crippen molar-refractivity contribution in [3.05, 3.63) is 83.9 Å². The van der Waals surface area contributed by atoms with Gasteiger partial charge >= 0.3 is 0 Å². The number of benzene rings is 3. The average Bonchev–Trinajstić information content (AvgIpc) is 2.62. The van der Waals surface area contributed by atoms with Gasteiger partial charge in [-0.15, -0.1) is 0 Å². The van der Waals surface area contributed by atoms with E-state index in [-0.39, 0.29) is 0 Å². The molecule has 3 aromatic rings. The summed E-state index contributed by atoms with van der Waals surface area (Å²) in [4.78, 5) is 0. The number of hydrogen-bond acceptors (Lipinski definition) is 2. The normalized spacial score (nSPS) is 13.6. The summed E-state index contributed by atoms with van der Waals surface area (Å²) in [5, 5.41) is 0. The first-order valence-electron chi connectivity index (χ1n) is 7.53. The molecule has 4 rings (SSSR count). The SMILES string of the molecule is c1ccc(-c2ccc(-c3cccc4c3CSNC4)cc2)cc1. The highest BCUT2D eigenvalue weighted by Crippen LogP contribution is 2.32. The quantitative estimate of drug-likeness (QED) is 0.647. The predicted octanol–water partition coefficient (Wildman–Crippen LogP) is 5.27. The van der Waals surface area contributed by atoms with Crippen molar-refractivity contribution in [2.75, 3.05) is 0 Å². The van der Waals surface area contributed by atoms with E-state index in [4.69, 9.17) is 0 Å². The van der Waals surface area contributed by atoms with Crippen LogP contribution in [0.1, 0.15) is 11.1 Å². The number of hydrogen-bond donors (Lipinski definition) is 1. The average molecular weight is 303 g/mol. The Kier molecular flexibility index (Phi) is 3.71. The maximum absolute atomic E-state index is 3.37. The molecule has 1 aliphatic rings. The fourth-order valence-corrected chi connectivity index (χ4v) is 3.81. The fourth-order valence-electron chi connectivity index (χ4n) is 2.97. The third-order valence-electron chi connectivity index (χ3n) is 4.16. The largest absolute Gasteiger partial charge is 0.259 e. The molecular formula is C20H17NS. The monoisotopic (exact) mass is 303 g/mol. The maximum atomic E-state index is 3.37. The van der Waals surface area contributed by atoms with E-state index >= 15 is 0 Å². The lowest BCUT2D eigenvalue weighted by Crippen LogP contribution is -2.12. The van der Waals surface area contributed by atoms with Gasteiger partial charge in [0.25, 0.3) is 0 Å². The van der Waals surface area contributed by atoms with Gasteiger partial charge < -0.3 is 0 Å². The van der Waals surface area contributed by atoms with Gasteiger partial charge in [0.15, 0.2) is 0 Å². The second kappa shape index (κ2) is 5.99. The van der Waals surface area contributed by atoms with Crippen LogP contribution >= 0.6 is 11.9 Å². The molecule has 1 heterocycles. The third-order valence-corrected chi connectivity index (χ3v) is 4.94. The van der Waals surface area contributed by atoms with E-state index in [2.05, 4.69) is 77.5 Å². The van der Waals surface area contributed by atoms with E-state index in [1.54, 1.807) is 11.9 Å². The van der Waals surface area contributed by atoms with Gasteiger partial charge in [0.1, 0.15) is 0 Å². The van der Waals surface area contributed by atoms with Gasteiger partial charge in [0.2, 0.25) is 0 Å². The Labute approximate surface area is 135 Å².